The van der Waals surface area contributed by atoms with Crippen LogP contribution in [0.4, 0.5) is 10.2 Å². The van der Waals surface area contributed by atoms with Crippen molar-refractivity contribution in [3.8, 4) is 17.3 Å². The van der Waals surface area contributed by atoms with Crippen LogP contribution in [0.25, 0.3) is 32.9 Å². The van der Waals surface area contributed by atoms with E-state index in [0.717, 1.165) is 37.0 Å². The molecule has 3 heterocycles. The molecule has 188 valence electrons. The molecule has 5 rings (SSSR count). The van der Waals surface area contributed by atoms with Crippen molar-refractivity contribution in [2.45, 2.75) is 13.8 Å². The molecule has 0 saturated carbocycles. The van der Waals surface area contributed by atoms with Crippen LogP contribution in [-0.4, -0.2) is 60.8 Å². The Morgan fingerprint density at radius 1 is 1.11 bits per heavy atom. The normalized spacial score (nSPS) is 13.3. The number of nitrogens with one attached hydrogen (secondary N) is 1. The van der Waals surface area contributed by atoms with Crippen molar-refractivity contribution in [1.29, 1.82) is 0 Å². The van der Waals surface area contributed by atoms with E-state index < -0.39 is 5.82 Å². The zero-order chi connectivity index (χ0) is 25.5. The van der Waals surface area contributed by atoms with Gasteiger partial charge >= 0.3 is 6.01 Å². The number of carbonyl (C=O) groups is 1. The third-order valence-electron chi connectivity index (χ3n) is 5.68. The fourth-order valence-corrected chi connectivity index (χ4v) is 4.37. The first kappa shape index (κ1) is 25.5. The van der Waals surface area contributed by atoms with Gasteiger partial charge in [0.05, 0.1) is 18.6 Å². The van der Waals surface area contributed by atoms with E-state index in [-0.39, 0.29) is 17.2 Å². The predicted octanol–water partition coefficient (Wildman–Crippen LogP) is 4.63. The quantitative estimate of drug-likeness (QED) is 0.375. The maximum absolute atomic E-state index is 15.9. The summed E-state index contributed by atoms with van der Waals surface area (Å²) in [7, 11) is 0. The summed E-state index contributed by atoms with van der Waals surface area (Å²) in [6.07, 6.45) is 1.65. The van der Waals surface area contributed by atoms with E-state index in [1.165, 1.54) is 0 Å². The topological polar surface area (TPSA) is 89.5 Å². The molecule has 0 amide bonds. The summed E-state index contributed by atoms with van der Waals surface area (Å²) in [5.41, 5.74) is 1.03. The Hall–Kier alpha value is -3.56. The number of ether oxygens (including phenoxy) is 2. The minimum Gasteiger partial charge on any atom is -0.468 e. The second kappa shape index (κ2) is 11.9. The number of carbonyl (C=O) groups excluding carboxylic acids is 1. The van der Waals surface area contributed by atoms with Gasteiger partial charge in [0.1, 0.15) is 17.0 Å². The van der Waals surface area contributed by atoms with Crippen molar-refractivity contribution in [3.05, 3.63) is 53.4 Å². The summed E-state index contributed by atoms with van der Waals surface area (Å²) in [4.78, 5) is 24.7. The highest BCUT2D eigenvalue weighted by molar-refractivity contribution is 6.36. The Kier molecular flexibility index (Phi) is 8.45. The van der Waals surface area contributed by atoms with Crippen LogP contribution in [0.2, 0.25) is 5.02 Å². The van der Waals surface area contributed by atoms with Gasteiger partial charge in [-0.15, -0.1) is 0 Å². The fourth-order valence-electron chi connectivity index (χ4n) is 4.08. The second-order valence-corrected chi connectivity index (χ2v) is 8.29. The van der Waals surface area contributed by atoms with Gasteiger partial charge in [-0.3, -0.25) is 9.78 Å². The lowest BCUT2D eigenvalue weighted by Gasteiger charge is -2.29. The lowest BCUT2D eigenvalue weighted by molar-refractivity contribution is -0.128. The van der Waals surface area contributed by atoms with Gasteiger partial charge in [-0.25, -0.2) is 4.39 Å². The summed E-state index contributed by atoms with van der Waals surface area (Å²) in [6.45, 7) is 8.10. The van der Waals surface area contributed by atoms with Crippen LogP contribution in [0.15, 0.2) is 42.6 Å². The van der Waals surface area contributed by atoms with Crippen molar-refractivity contribution in [2.24, 2.45) is 0 Å². The molecule has 0 atom stereocenters. The Labute approximate surface area is 213 Å². The number of rotatable bonds is 6. The predicted molar refractivity (Wildman–Crippen MR) is 139 cm³/mol. The zero-order valence-corrected chi connectivity index (χ0v) is 20.9. The van der Waals surface area contributed by atoms with Crippen LogP contribution >= 0.6 is 11.6 Å². The number of fused-ring (bicyclic) bond motifs is 2. The van der Waals surface area contributed by atoms with E-state index >= 15 is 4.39 Å². The van der Waals surface area contributed by atoms with Crippen LogP contribution in [0.3, 0.4) is 0 Å². The van der Waals surface area contributed by atoms with Crippen LogP contribution < -0.4 is 15.0 Å². The van der Waals surface area contributed by atoms with Gasteiger partial charge in [-0.1, -0.05) is 41.9 Å². The second-order valence-electron chi connectivity index (χ2n) is 7.88. The number of aromatic nitrogens is 3. The molecule has 0 spiro atoms. The molecule has 2 aromatic carbocycles. The van der Waals surface area contributed by atoms with E-state index in [2.05, 4.69) is 29.9 Å². The molecule has 0 bridgehead atoms. The number of nitrogens with zero attached hydrogens (tertiary/aromatic N) is 4. The largest absolute Gasteiger partial charge is 0.468 e. The number of anilines is 1. The number of piperazine rings is 1. The van der Waals surface area contributed by atoms with Crippen LogP contribution in [0.1, 0.15) is 13.8 Å². The summed E-state index contributed by atoms with van der Waals surface area (Å²) in [5, 5.41) is 6.12. The lowest BCUT2D eigenvalue weighted by Crippen LogP contribution is -2.44. The standard InChI is InChI=1S/C23H21ClFN5O.C3H6O2/c1-2-31-23-28-21-16(22(29-23)30-11-9-26-10-12-30)13-27-20(19(21)25)15-7-3-5-14-6-4-8-17(24)18(14)15;1-2-5-3-4/h3-8,13,26H,2,9-12H2,1H3;3H,2H2,1H3. The fraction of sp³-hybridized carbons (Fsp3) is 0.308. The highest BCUT2D eigenvalue weighted by Crippen LogP contribution is 2.37. The molecule has 10 heteroatoms. The Morgan fingerprint density at radius 3 is 2.53 bits per heavy atom. The molecule has 1 saturated heterocycles. The minimum atomic E-state index is -0.510. The number of hydrogen-bond donors (Lipinski definition) is 1. The van der Waals surface area contributed by atoms with Crippen molar-refractivity contribution >= 4 is 45.6 Å². The van der Waals surface area contributed by atoms with E-state index in [4.69, 9.17) is 16.3 Å². The SMILES string of the molecule is CCOC=O.CCOc1nc(N2CCNCC2)c2cnc(-c3cccc4cccc(Cl)c34)c(F)c2n1. The van der Waals surface area contributed by atoms with Gasteiger partial charge in [-0.2, -0.15) is 9.97 Å². The molecule has 0 aliphatic carbocycles. The van der Waals surface area contributed by atoms with Gasteiger partial charge in [0.25, 0.3) is 6.47 Å². The maximum atomic E-state index is 15.9. The molecular formula is C26H27ClFN5O3. The first-order valence-corrected chi connectivity index (χ1v) is 12.1. The monoisotopic (exact) mass is 511 g/mol. The molecule has 0 radical (unpaired) electrons. The Bertz CT molecular complexity index is 1360. The van der Waals surface area contributed by atoms with Crippen molar-refractivity contribution < 1.29 is 18.7 Å². The summed E-state index contributed by atoms with van der Waals surface area (Å²) in [6, 6.07) is 11.4. The number of halogens is 2. The summed E-state index contributed by atoms with van der Waals surface area (Å²) >= 11 is 6.47. The van der Waals surface area contributed by atoms with E-state index in [0.29, 0.717) is 41.5 Å². The molecule has 1 N–H and O–H groups in total. The Morgan fingerprint density at radius 2 is 1.86 bits per heavy atom. The minimum absolute atomic E-state index is 0.163. The van der Waals surface area contributed by atoms with E-state index in [9.17, 15) is 4.79 Å². The smallest absolute Gasteiger partial charge is 0.319 e. The molecule has 4 aromatic rings. The van der Waals surface area contributed by atoms with E-state index in [1.54, 1.807) is 19.2 Å². The first-order chi connectivity index (χ1) is 17.6. The molecule has 1 fully saturated rings. The Balaban J connectivity index is 0.000000556. The zero-order valence-electron chi connectivity index (χ0n) is 20.1. The molecule has 0 unspecified atom stereocenters. The third kappa shape index (κ3) is 5.32. The number of benzene rings is 2. The van der Waals surface area contributed by atoms with Crippen LogP contribution in [0.5, 0.6) is 6.01 Å². The van der Waals surface area contributed by atoms with Crippen molar-refractivity contribution in [3.63, 3.8) is 0 Å². The van der Waals surface area contributed by atoms with Gasteiger partial charge in [0.2, 0.25) is 0 Å². The van der Waals surface area contributed by atoms with Crippen LogP contribution in [-0.2, 0) is 9.53 Å². The van der Waals surface area contributed by atoms with Crippen LogP contribution in [0, 0.1) is 5.82 Å². The molecule has 1 aliphatic heterocycles. The maximum Gasteiger partial charge on any atom is 0.319 e. The summed E-state index contributed by atoms with van der Waals surface area (Å²) < 4.78 is 25.6. The first-order valence-electron chi connectivity index (χ1n) is 11.8. The average molecular weight is 512 g/mol. The van der Waals surface area contributed by atoms with Gasteiger partial charge in [0.15, 0.2) is 5.82 Å². The lowest BCUT2D eigenvalue weighted by atomic mass is 10.0. The van der Waals surface area contributed by atoms with Crippen molar-refractivity contribution in [2.75, 3.05) is 44.3 Å². The molecule has 36 heavy (non-hydrogen) atoms. The van der Waals surface area contributed by atoms with Gasteiger partial charge in [0, 0.05) is 48.3 Å². The average Bonchev–Trinajstić information content (AvgIpc) is 2.90. The molecule has 1 aliphatic rings. The number of pyridine rings is 1. The third-order valence-corrected chi connectivity index (χ3v) is 5.99. The number of hydrogen-bond acceptors (Lipinski definition) is 8. The van der Waals surface area contributed by atoms with Crippen molar-refractivity contribution in [1.82, 2.24) is 20.3 Å². The molecule has 2 aromatic heterocycles. The van der Waals surface area contributed by atoms with Gasteiger partial charge in [-0.05, 0) is 25.3 Å². The van der Waals surface area contributed by atoms with Gasteiger partial charge < -0.3 is 19.7 Å². The highest BCUT2D eigenvalue weighted by Gasteiger charge is 2.23. The highest BCUT2D eigenvalue weighted by atomic mass is 35.5. The van der Waals surface area contributed by atoms with E-state index in [1.807, 2.05) is 37.3 Å². The molecular weight excluding hydrogens is 485 g/mol. The summed E-state index contributed by atoms with van der Waals surface area (Å²) in [5.74, 6) is 0.133. The molecule has 8 nitrogen and oxygen atoms in total.